The van der Waals surface area contributed by atoms with Gasteiger partial charge in [0.1, 0.15) is 17.4 Å². The SMILES string of the molecule is COCCOc1ccc(CC(=O)Nc2sccc2C(=O)OC)cc1. The van der Waals surface area contributed by atoms with Gasteiger partial charge in [0.2, 0.25) is 5.91 Å². The summed E-state index contributed by atoms with van der Waals surface area (Å²) in [6, 6.07) is 8.90. The highest BCUT2D eigenvalue weighted by Gasteiger charge is 2.15. The molecule has 0 atom stereocenters. The van der Waals surface area contributed by atoms with Gasteiger partial charge in [-0.3, -0.25) is 4.79 Å². The van der Waals surface area contributed by atoms with Gasteiger partial charge in [-0.1, -0.05) is 12.1 Å². The molecule has 7 heteroatoms. The minimum atomic E-state index is -0.468. The molecule has 1 aromatic carbocycles. The first-order valence-corrected chi connectivity index (χ1v) is 8.18. The second kappa shape index (κ2) is 9.05. The summed E-state index contributed by atoms with van der Waals surface area (Å²) in [5.41, 5.74) is 1.21. The first-order chi connectivity index (χ1) is 11.6. The van der Waals surface area contributed by atoms with Crippen LogP contribution in [-0.4, -0.2) is 39.3 Å². The number of anilines is 1. The van der Waals surface area contributed by atoms with Crippen molar-refractivity contribution in [3.8, 4) is 5.75 Å². The number of hydrogen-bond donors (Lipinski definition) is 1. The quantitative estimate of drug-likeness (QED) is 0.586. The zero-order chi connectivity index (χ0) is 17.4. The van der Waals surface area contributed by atoms with Crippen molar-refractivity contribution < 1.29 is 23.8 Å². The number of nitrogens with one attached hydrogen (secondary N) is 1. The van der Waals surface area contributed by atoms with E-state index in [1.807, 2.05) is 24.3 Å². The summed E-state index contributed by atoms with van der Waals surface area (Å²) in [7, 11) is 2.92. The molecule has 24 heavy (non-hydrogen) atoms. The van der Waals surface area contributed by atoms with E-state index < -0.39 is 5.97 Å². The number of ether oxygens (including phenoxy) is 3. The monoisotopic (exact) mass is 349 g/mol. The molecule has 0 saturated heterocycles. The average Bonchev–Trinajstić information content (AvgIpc) is 3.04. The van der Waals surface area contributed by atoms with E-state index in [1.54, 1.807) is 18.6 Å². The molecule has 1 N–H and O–H groups in total. The van der Waals surface area contributed by atoms with Crippen LogP contribution in [-0.2, 0) is 20.7 Å². The lowest BCUT2D eigenvalue weighted by molar-refractivity contribution is -0.115. The topological polar surface area (TPSA) is 73.9 Å². The van der Waals surface area contributed by atoms with E-state index in [0.717, 1.165) is 11.3 Å². The molecule has 0 spiro atoms. The van der Waals surface area contributed by atoms with Crippen molar-refractivity contribution in [1.29, 1.82) is 0 Å². The van der Waals surface area contributed by atoms with Crippen molar-refractivity contribution in [3.05, 3.63) is 46.8 Å². The van der Waals surface area contributed by atoms with Crippen molar-refractivity contribution in [2.45, 2.75) is 6.42 Å². The number of carbonyl (C=O) groups is 2. The molecule has 2 rings (SSSR count). The van der Waals surface area contributed by atoms with Crippen LogP contribution in [0.4, 0.5) is 5.00 Å². The number of hydrogen-bond acceptors (Lipinski definition) is 6. The Morgan fingerprint density at radius 3 is 2.50 bits per heavy atom. The average molecular weight is 349 g/mol. The number of esters is 1. The fourth-order valence-corrected chi connectivity index (χ4v) is 2.77. The molecule has 0 aliphatic carbocycles. The Morgan fingerprint density at radius 2 is 1.83 bits per heavy atom. The number of benzene rings is 1. The third kappa shape index (κ3) is 5.07. The molecule has 2 aromatic rings. The number of rotatable bonds is 8. The van der Waals surface area contributed by atoms with Crippen LogP contribution < -0.4 is 10.1 Å². The van der Waals surface area contributed by atoms with Gasteiger partial charge in [-0.05, 0) is 29.1 Å². The number of amides is 1. The van der Waals surface area contributed by atoms with Crippen LogP contribution >= 0.6 is 11.3 Å². The maximum absolute atomic E-state index is 12.1. The van der Waals surface area contributed by atoms with Crippen LogP contribution in [0.1, 0.15) is 15.9 Å². The van der Waals surface area contributed by atoms with E-state index in [-0.39, 0.29) is 12.3 Å². The van der Waals surface area contributed by atoms with Gasteiger partial charge in [0.05, 0.1) is 25.7 Å². The van der Waals surface area contributed by atoms with Crippen molar-refractivity contribution in [2.75, 3.05) is 32.8 Å². The molecule has 128 valence electrons. The van der Waals surface area contributed by atoms with Crippen LogP contribution in [0.5, 0.6) is 5.75 Å². The van der Waals surface area contributed by atoms with Crippen molar-refractivity contribution >= 4 is 28.2 Å². The third-order valence-corrected chi connectivity index (χ3v) is 4.00. The lowest BCUT2D eigenvalue weighted by Crippen LogP contribution is -2.15. The summed E-state index contributed by atoms with van der Waals surface area (Å²) < 4.78 is 15.1. The predicted octanol–water partition coefficient (Wildman–Crippen LogP) is 2.74. The molecule has 1 heterocycles. The van der Waals surface area contributed by atoms with E-state index in [9.17, 15) is 9.59 Å². The molecule has 0 unspecified atom stereocenters. The van der Waals surface area contributed by atoms with Gasteiger partial charge in [0, 0.05) is 7.11 Å². The predicted molar refractivity (Wildman–Crippen MR) is 91.8 cm³/mol. The standard InChI is InChI=1S/C17H19NO5S/c1-21-8-9-23-13-5-3-12(4-6-13)11-15(19)18-16-14(7-10-24-16)17(20)22-2/h3-7,10H,8-9,11H2,1-2H3,(H,18,19). The van der Waals surface area contributed by atoms with Gasteiger partial charge in [-0.2, -0.15) is 0 Å². The van der Waals surface area contributed by atoms with Gasteiger partial charge >= 0.3 is 5.97 Å². The normalized spacial score (nSPS) is 10.2. The molecule has 1 amide bonds. The Hall–Kier alpha value is -2.38. The van der Waals surface area contributed by atoms with E-state index >= 15 is 0 Å². The summed E-state index contributed by atoms with van der Waals surface area (Å²) in [4.78, 5) is 23.7. The first kappa shape index (κ1) is 18.0. The Bertz CT molecular complexity index is 681. The summed E-state index contributed by atoms with van der Waals surface area (Å²) in [5.74, 6) is 0.0576. The number of thiophene rings is 1. The molecule has 0 radical (unpaired) electrons. The van der Waals surface area contributed by atoms with Gasteiger partial charge in [-0.25, -0.2) is 4.79 Å². The lowest BCUT2D eigenvalue weighted by atomic mass is 10.1. The fraction of sp³-hybridized carbons (Fsp3) is 0.294. The van der Waals surface area contributed by atoms with Gasteiger partial charge in [0.15, 0.2) is 0 Å². The molecular formula is C17H19NO5S. The highest BCUT2D eigenvalue weighted by atomic mass is 32.1. The summed E-state index contributed by atoms with van der Waals surface area (Å²) in [5, 5.41) is 4.96. The van der Waals surface area contributed by atoms with Crippen LogP contribution in [0.25, 0.3) is 0 Å². The zero-order valence-corrected chi connectivity index (χ0v) is 14.4. The van der Waals surface area contributed by atoms with E-state index in [0.29, 0.717) is 23.8 Å². The van der Waals surface area contributed by atoms with Gasteiger partial charge < -0.3 is 19.5 Å². The highest BCUT2D eigenvalue weighted by molar-refractivity contribution is 7.14. The molecule has 6 nitrogen and oxygen atoms in total. The number of carbonyl (C=O) groups excluding carboxylic acids is 2. The summed E-state index contributed by atoms with van der Waals surface area (Å²) in [6.07, 6.45) is 0.205. The minimum absolute atomic E-state index is 0.198. The van der Waals surface area contributed by atoms with Crippen LogP contribution in [0.2, 0.25) is 0 Å². The maximum atomic E-state index is 12.1. The smallest absolute Gasteiger partial charge is 0.340 e. The van der Waals surface area contributed by atoms with Crippen LogP contribution in [0, 0.1) is 0 Å². The van der Waals surface area contributed by atoms with Crippen LogP contribution in [0.3, 0.4) is 0 Å². The molecule has 0 fully saturated rings. The second-order valence-electron chi connectivity index (χ2n) is 4.87. The summed E-state index contributed by atoms with van der Waals surface area (Å²) in [6.45, 7) is 0.999. The van der Waals surface area contributed by atoms with E-state index in [2.05, 4.69) is 10.1 Å². The number of methoxy groups -OCH3 is 2. The van der Waals surface area contributed by atoms with E-state index in [4.69, 9.17) is 9.47 Å². The Balaban J connectivity index is 1.90. The fourth-order valence-electron chi connectivity index (χ4n) is 1.98. The van der Waals surface area contributed by atoms with E-state index in [1.165, 1.54) is 18.4 Å². The molecule has 0 saturated carbocycles. The Labute approximate surface area is 144 Å². The lowest BCUT2D eigenvalue weighted by Gasteiger charge is -2.07. The molecule has 0 aliphatic rings. The molecule has 0 bridgehead atoms. The molecule has 0 aliphatic heterocycles. The van der Waals surface area contributed by atoms with Gasteiger partial charge in [0.25, 0.3) is 0 Å². The van der Waals surface area contributed by atoms with Gasteiger partial charge in [-0.15, -0.1) is 11.3 Å². The maximum Gasteiger partial charge on any atom is 0.340 e. The molecule has 1 aromatic heterocycles. The highest BCUT2D eigenvalue weighted by Crippen LogP contribution is 2.24. The molecular weight excluding hydrogens is 330 g/mol. The summed E-state index contributed by atoms with van der Waals surface area (Å²) >= 11 is 1.28. The zero-order valence-electron chi connectivity index (χ0n) is 13.5. The third-order valence-electron chi connectivity index (χ3n) is 3.17. The van der Waals surface area contributed by atoms with Crippen molar-refractivity contribution in [3.63, 3.8) is 0 Å². The Kier molecular flexibility index (Phi) is 6.77. The Morgan fingerprint density at radius 1 is 1.08 bits per heavy atom. The van der Waals surface area contributed by atoms with Crippen molar-refractivity contribution in [2.24, 2.45) is 0 Å². The second-order valence-corrected chi connectivity index (χ2v) is 5.78. The largest absolute Gasteiger partial charge is 0.491 e. The first-order valence-electron chi connectivity index (χ1n) is 7.30. The van der Waals surface area contributed by atoms with Crippen molar-refractivity contribution in [1.82, 2.24) is 0 Å². The van der Waals surface area contributed by atoms with Crippen LogP contribution in [0.15, 0.2) is 35.7 Å². The minimum Gasteiger partial charge on any atom is -0.491 e.